The molecule has 0 aromatic carbocycles. The number of amides is 1. The standard InChI is InChI=1S/C14H15N5OS/c1-18(7-9-6-17-19(2)8-9)14(20)12-11(15)10-4-3-5-16-13(10)21-12/h3-6,8H,7,15H2,1-2H3. The van der Waals surface area contributed by atoms with Crippen molar-refractivity contribution in [3.8, 4) is 0 Å². The Morgan fingerprint density at radius 1 is 1.52 bits per heavy atom. The van der Waals surface area contributed by atoms with E-state index in [9.17, 15) is 4.79 Å². The molecule has 0 atom stereocenters. The number of thiophene rings is 1. The molecule has 0 saturated carbocycles. The number of hydrogen-bond donors (Lipinski definition) is 1. The SMILES string of the molecule is CN(Cc1cnn(C)c1)C(=O)c1sc2ncccc2c1N. The van der Waals surface area contributed by atoms with E-state index in [1.54, 1.807) is 29.0 Å². The van der Waals surface area contributed by atoms with Gasteiger partial charge in [-0.3, -0.25) is 9.48 Å². The average molecular weight is 301 g/mol. The summed E-state index contributed by atoms with van der Waals surface area (Å²) in [5, 5.41) is 4.93. The van der Waals surface area contributed by atoms with Gasteiger partial charge >= 0.3 is 0 Å². The van der Waals surface area contributed by atoms with Gasteiger partial charge in [-0.15, -0.1) is 11.3 Å². The summed E-state index contributed by atoms with van der Waals surface area (Å²) >= 11 is 1.33. The third kappa shape index (κ3) is 2.47. The zero-order valence-corrected chi connectivity index (χ0v) is 12.6. The van der Waals surface area contributed by atoms with E-state index in [0.29, 0.717) is 17.1 Å². The van der Waals surface area contributed by atoms with E-state index < -0.39 is 0 Å². The maximum atomic E-state index is 12.5. The molecule has 0 bridgehead atoms. The Morgan fingerprint density at radius 2 is 2.33 bits per heavy atom. The largest absolute Gasteiger partial charge is 0.397 e. The fourth-order valence-electron chi connectivity index (χ4n) is 2.18. The summed E-state index contributed by atoms with van der Waals surface area (Å²) in [7, 11) is 3.60. The van der Waals surface area contributed by atoms with Crippen molar-refractivity contribution in [3.63, 3.8) is 0 Å². The molecule has 3 aromatic rings. The molecule has 1 amide bonds. The van der Waals surface area contributed by atoms with Gasteiger partial charge in [0.15, 0.2) is 0 Å². The number of hydrogen-bond acceptors (Lipinski definition) is 5. The molecule has 3 heterocycles. The Morgan fingerprint density at radius 3 is 3.00 bits per heavy atom. The molecule has 21 heavy (non-hydrogen) atoms. The van der Waals surface area contributed by atoms with E-state index in [1.807, 2.05) is 25.4 Å². The van der Waals surface area contributed by atoms with E-state index in [2.05, 4.69) is 10.1 Å². The molecule has 0 aliphatic heterocycles. The van der Waals surface area contributed by atoms with Crippen molar-refractivity contribution in [2.24, 2.45) is 7.05 Å². The molecule has 3 aromatic heterocycles. The van der Waals surface area contributed by atoms with Crippen molar-refractivity contribution >= 4 is 33.1 Å². The van der Waals surface area contributed by atoms with E-state index in [1.165, 1.54) is 11.3 Å². The molecule has 0 aliphatic rings. The van der Waals surface area contributed by atoms with Crippen LogP contribution in [-0.4, -0.2) is 32.6 Å². The molecule has 6 nitrogen and oxygen atoms in total. The molecule has 0 spiro atoms. The van der Waals surface area contributed by atoms with Crippen LogP contribution >= 0.6 is 11.3 Å². The maximum Gasteiger partial charge on any atom is 0.266 e. The van der Waals surface area contributed by atoms with Crippen LogP contribution in [0.3, 0.4) is 0 Å². The third-order valence-electron chi connectivity index (χ3n) is 3.22. The molecule has 0 aliphatic carbocycles. The van der Waals surface area contributed by atoms with Gasteiger partial charge in [0.05, 0.1) is 11.9 Å². The summed E-state index contributed by atoms with van der Waals surface area (Å²) in [4.78, 5) is 19.8. The Labute approximate surface area is 125 Å². The number of pyridine rings is 1. The highest BCUT2D eigenvalue weighted by molar-refractivity contribution is 7.21. The highest BCUT2D eigenvalue weighted by Crippen LogP contribution is 2.32. The van der Waals surface area contributed by atoms with Crippen molar-refractivity contribution in [2.75, 3.05) is 12.8 Å². The Hall–Kier alpha value is -2.41. The van der Waals surface area contributed by atoms with Crippen LogP contribution in [0, 0.1) is 0 Å². The summed E-state index contributed by atoms with van der Waals surface area (Å²) in [6.07, 6.45) is 5.34. The van der Waals surface area contributed by atoms with Gasteiger partial charge in [-0.05, 0) is 12.1 Å². The Balaban J connectivity index is 1.87. The quantitative estimate of drug-likeness (QED) is 0.801. The van der Waals surface area contributed by atoms with E-state index >= 15 is 0 Å². The second-order valence-electron chi connectivity index (χ2n) is 4.88. The Bertz CT molecular complexity index is 807. The second-order valence-corrected chi connectivity index (χ2v) is 5.88. The highest BCUT2D eigenvalue weighted by atomic mass is 32.1. The molecule has 7 heteroatoms. The van der Waals surface area contributed by atoms with E-state index in [0.717, 1.165) is 15.8 Å². The number of rotatable bonds is 3. The molecule has 0 saturated heterocycles. The van der Waals surface area contributed by atoms with Gasteiger partial charge in [0.1, 0.15) is 9.71 Å². The van der Waals surface area contributed by atoms with Crippen molar-refractivity contribution in [3.05, 3.63) is 41.2 Å². The van der Waals surface area contributed by atoms with E-state index in [4.69, 9.17) is 5.73 Å². The molecular formula is C14H15N5OS. The first kappa shape index (κ1) is 13.6. The lowest BCUT2D eigenvalue weighted by atomic mass is 10.2. The zero-order chi connectivity index (χ0) is 15.0. The van der Waals surface area contributed by atoms with Crippen LogP contribution in [0.1, 0.15) is 15.2 Å². The Kier molecular flexibility index (Phi) is 3.34. The van der Waals surface area contributed by atoms with Gasteiger partial charge in [0.25, 0.3) is 5.91 Å². The third-order valence-corrected chi connectivity index (χ3v) is 4.34. The average Bonchev–Trinajstić information content (AvgIpc) is 3.03. The lowest BCUT2D eigenvalue weighted by Gasteiger charge is -2.15. The summed E-state index contributed by atoms with van der Waals surface area (Å²) in [5.74, 6) is -0.0978. The molecule has 0 unspecified atom stereocenters. The van der Waals surface area contributed by atoms with Crippen LogP contribution in [0.5, 0.6) is 0 Å². The van der Waals surface area contributed by atoms with Crippen LogP contribution in [0.15, 0.2) is 30.7 Å². The van der Waals surface area contributed by atoms with Crippen LogP contribution in [-0.2, 0) is 13.6 Å². The van der Waals surface area contributed by atoms with Crippen LogP contribution in [0.4, 0.5) is 5.69 Å². The summed E-state index contributed by atoms with van der Waals surface area (Å²) < 4.78 is 1.71. The van der Waals surface area contributed by atoms with Gasteiger partial charge in [-0.1, -0.05) is 0 Å². The summed E-state index contributed by atoms with van der Waals surface area (Å²) in [6.45, 7) is 0.494. The van der Waals surface area contributed by atoms with Crippen molar-refractivity contribution in [1.29, 1.82) is 0 Å². The second kappa shape index (κ2) is 5.17. The number of carbonyl (C=O) groups is 1. The first-order valence-electron chi connectivity index (χ1n) is 6.42. The fourth-order valence-corrected chi connectivity index (χ4v) is 3.24. The molecule has 0 fully saturated rings. The van der Waals surface area contributed by atoms with Gasteiger partial charge in [0.2, 0.25) is 0 Å². The lowest BCUT2D eigenvalue weighted by molar-refractivity contribution is 0.0791. The fraction of sp³-hybridized carbons (Fsp3) is 0.214. The predicted molar refractivity (Wildman–Crippen MR) is 83.0 cm³/mol. The zero-order valence-electron chi connectivity index (χ0n) is 11.8. The van der Waals surface area contributed by atoms with Crippen LogP contribution < -0.4 is 5.73 Å². The van der Waals surface area contributed by atoms with Gasteiger partial charge in [-0.2, -0.15) is 5.10 Å². The minimum Gasteiger partial charge on any atom is -0.397 e. The smallest absolute Gasteiger partial charge is 0.266 e. The highest BCUT2D eigenvalue weighted by Gasteiger charge is 2.20. The topological polar surface area (TPSA) is 77.0 Å². The summed E-state index contributed by atoms with van der Waals surface area (Å²) in [5.41, 5.74) is 7.57. The van der Waals surface area contributed by atoms with Crippen LogP contribution in [0.2, 0.25) is 0 Å². The van der Waals surface area contributed by atoms with E-state index in [-0.39, 0.29) is 5.91 Å². The molecule has 3 rings (SSSR count). The number of aryl methyl sites for hydroxylation is 1. The minimum absolute atomic E-state index is 0.0978. The molecule has 2 N–H and O–H groups in total. The number of nitrogens with zero attached hydrogens (tertiary/aromatic N) is 4. The lowest BCUT2D eigenvalue weighted by Crippen LogP contribution is -2.25. The minimum atomic E-state index is -0.0978. The molecule has 108 valence electrons. The maximum absolute atomic E-state index is 12.5. The number of nitrogens with two attached hydrogens (primary N) is 1. The molecule has 0 radical (unpaired) electrons. The number of aromatic nitrogens is 3. The number of carbonyl (C=O) groups excluding carboxylic acids is 1. The first-order chi connectivity index (χ1) is 10.1. The van der Waals surface area contributed by atoms with Crippen molar-refractivity contribution in [1.82, 2.24) is 19.7 Å². The summed E-state index contributed by atoms with van der Waals surface area (Å²) in [6, 6.07) is 3.70. The number of nitrogen functional groups attached to an aromatic ring is 1. The monoisotopic (exact) mass is 301 g/mol. The molecular weight excluding hydrogens is 286 g/mol. The normalized spacial score (nSPS) is 11.0. The predicted octanol–water partition coefficient (Wildman–Crippen LogP) is 1.88. The van der Waals surface area contributed by atoms with Gasteiger partial charge < -0.3 is 10.6 Å². The number of fused-ring (bicyclic) bond motifs is 1. The first-order valence-corrected chi connectivity index (χ1v) is 7.24. The van der Waals surface area contributed by atoms with Crippen molar-refractivity contribution < 1.29 is 4.79 Å². The van der Waals surface area contributed by atoms with Crippen molar-refractivity contribution in [2.45, 2.75) is 6.54 Å². The van der Waals surface area contributed by atoms with Crippen LogP contribution in [0.25, 0.3) is 10.2 Å². The van der Waals surface area contributed by atoms with Gasteiger partial charge in [0, 0.05) is 44.0 Å². The number of anilines is 1. The van der Waals surface area contributed by atoms with Gasteiger partial charge in [-0.25, -0.2) is 4.98 Å².